The van der Waals surface area contributed by atoms with Gasteiger partial charge in [0, 0.05) is 37.3 Å². The number of nitrogens with zero attached hydrogens (tertiary/aromatic N) is 2. The third-order valence-corrected chi connectivity index (χ3v) is 7.40. The van der Waals surface area contributed by atoms with E-state index in [-0.39, 0.29) is 11.8 Å². The van der Waals surface area contributed by atoms with Crippen molar-refractivity contribution in [2.24, 2.45) is 5.73 Å². The van der Waals surface area contributed by atoms with Gasteiger partial charge in [-0.2, -0.15) is 0 Å². The number of rotatable bonds is 9. The number of benzene rings is 2. The molecule has 3 N–H and O–H groups in total. The molecule has 0 aliphatic carbocycles. The second-order valence-electron chi connectivity index (χ2n) is 10.4. The average Bonchev–Trinajstić information content (AvgIpc) is 3.04. The number of carbonyl (C=O) groups excluding carboxylic acids is 2. The normalized spacial score (nSPS) is 22.5. The van der Waals surface area contributed by atoms with E-state index in [1.807, 2.05) is 42.5 Å². The number of amides is 2. The van der Waals surface area contributed by atoms with Crippen LogP contribution in [0, 0.1) is 0 Å². The second kappa shape index (κ2) is 10.3. The van der Waals surface area contributed by atoms with Gasteiger partial charge in [0.15, 0.2) is 0 Å². The van der Waals surface area contributed by atoms with Crippen LogP contribution in [0.4, 0.5) is 0 Å². The molecule has 2 amide bonds. The first-order valence-electron chi connectivity index (χ1n) is 12.4. The van der Waals surface area contributed by atoms with Crippen molar-refractivity contribution in [3.63, 3.8) is 0 Å². The molecule has 2 fully saturated rings. The summed E-state index contributed by atoms with van der Waals surface area (Å²) in [6.07, 6.45) is 5.47. The zero-order valence-corrected chi connectivity index (χ0v) is 20.3. The standard InChI is InChI=1S/C28H37N3O3/c1-28(2,34)27(33)30(19-20-8-4-3-5-9-20)14-7-15-31-24-12-13-25(31)18-23(17-24)21-10-6-11-22(16-21)26(29)32/h3-6,8-11,16,23-25,34H,7,12-15,17-19H2,1-2H3,(H2,29,32). The summed E-state index contributed by atoms with van der Waals surface area (Å²) in [7, 11) is 0. The summed E-state index contributed by atoms with van der Waals surface area (Å²) in [5.41, 5.74) is 6.98. The van der Waals surface area contributed by atoms with Gasteiger partial charge in [0.2, 0.25) is 5.91 Å². The van der Waals surface area contributed by atoms with Crippen LogP contribution in [0.25, 0.3) is 0 Å². The lowest BCUT2D eigenvalue weighted by atomic mass is 9.84. The minimum Gasteiger partial charge on any atom is -0.381 e. The maximum atomic E-state index is 12.9. The van der Waals surface area contributed by atoms with Crippen molar-refractivity contribution in [1.82, 2.24) is 9.80 Å². The van der Waals surface area contributed by atoms with Crippen LogP contribution in [0.15, 0.2) is 54.6 Å². The lowest BCUT2D eigenvalue weighted by molar-refractivity contribution is -0.148. The molecule has 6 heteroatoms. The quantitative estimate of drug-likeness (QED) is 0.594. The summed E-state index contributed by atoms with van der Waals surface area (Å²) < 4.78 is 0. The van der Waals surface area contributed by atoms with Crippen LogP contribution in [-0.2, 0) is 11.3 Å². The van der Waals surface area contributed by atoms with Gasteiger partial charge in [-0.15, -0.1) is 0 Å². The van der Waals surface area contributed by atoms with Gasteiger partial charge in [0.25, 0.3) is 5.91 Å². The van der Waals surface area contributed by atoms with Gasteiger partial charge in [0.1, 0.15) is 5.60 Å². The number of nitrogens with two attached hydrogens (primary N) is 1. The number of piperidine rings is 1. The van der Waals surface area contributed by atoms with Gasteiger partial charge >= 0.3 is 0 Å². The second-order valence-corrected chi connectivity index (χ2v) is 10.4. The average molecular weight is 464 g/mol. The van der Waals surface area contributed by atoms with E-state index in [0.717, 1.165) is 31.4 Å². The minimum atomic E-state index is -1.38. The maximum Gasteiger partial charge on any atom is 0.254 e. The molecule has 0 spiro atoms. The molecule has 2 atom stereocenters. The van der Waals surface area contributed by atoms with Gasteiger partial charge in [-0.3, -0.25) is 14.5 Å². The molecule has 2 bridgehead atoms. The van der Waals surface area contributed by atoms with Gasteiger partial charge in [-0.05, 0) is 75.1 Å². The Balaban J connectivity index is 1.36. The first-order chi connectivity index (χ1) is 16.2. The van der Waals surface area contributed by atoms with Crippen molar-refractivity contribution in [1.29, 1.82) is 0 Å². The lowest BCUT2D eigenvalue weighted by Crippen LogP contribution is -2.47. The van der Waals surface area contributed by atoms with Crippen molar-refractivity contribution in [2.75, 3.05) is 13.1 Å². The van der Waals surface area contributed by atoms with E-state index in [9.17, 15) is 14.7 Å². The highest BCUT2D eigenvalue weighted by Gasteiger charge is 2.41. The summed E-state index contributed by atoms with van der Waals surface area (Å²) in [4.78, 5) is 28.9. The Kier molecular flexibility index (Phi) is 7.39. The topological polar surface area (TPSA) is 86.9 Å². The third-order valence-electron chi connectivity index (χ3n) is 7.40. The zero-order valence-electron chi connectivity index (χ0n) is 20.3. The number of hydrogen-bond acceptors (Lipinski definition) is 4. The molecular weight excluding hydrogens is 426 g/mol. The first kappa shape index (κ1) is 24.4. The molecule has 182 valence electrons. The highest BCUT2D eigenvalue weighted by atomic mass is 16.3. The van der Waals surface area contributed by atoms with E-state index in [1.165, 1.54) is 18.4 Å². The minimum absolute atomic E-state index is 0.229. The summed E-state index contributed by atoms with van der Waals surface area (Å²) in [6, 6.07) is 18.8. The van der Waals surface area contributed by atoms with E-state index in [1.54, 1.807) is 24.8 Å². The van der Waals surface area contributed by atoms with Crippen LogP contribution in [-0.4, -0.2) is 57.5 Å². The van der Waals surface area contributed by atoms with Crippen LogP contribution >= 0.6 is 0 Å². The molecule has 4 rings (SSSR count). The van der Waals surface area contributed by atoms with E-state index in [4.69, 9.17) is 5.73 Å². The number of fused-ring (bicyclic) bond motifs is 2. The Morgan fingerprint density at radius 2 is 1.74 bits per heavy atom. The van der Waals surface area contributed by atoms with Crippen LogP contribution in [0.1, 0.15) is 73.4 Å². The third kappa shape index (κ3) is 5.68. The largest absolute Gasteiger partial charge is 0.381 e. The van der Waals surface area contributed by atoms with Crippen molar-refractivity contribution >= 4 is 11.8 Å². The van der Waals surface area contributed by atoms with E-state index in [2.05, 4.69) is 11.0 Å². The van der Waals surface area contributed by atoms with Crippen LogP contribution in [0.2, 0.25) is 0 Å². The Morgan fingerprint density at radius 1 is 1.06 bits per heavy atom. The summed E-state index contributed by atoms with van der Waals surface area (Å²) in [6.45, 7) is 5.21. The fourth-order valence-corrected chi connectivity index (χ4v) is 5.74. The lowest BCUT2D eigenvalue weighted by Gasteiger charge is -2.39. The van der Waals surface area contributed by atoms with Crippen LogP contribution in [0.3, 0.4) is 0 Å². The Labute approximate surface area is 202 Å². The van der Waals surface area contributed by atoms with E-state index >= 15 is 0 Å². The molecular formula is C28H37N3O3. The predicted molar refractivity (Wildman–Crippen MR) is 133 cm³/mol. The number of primary amides is 1. The van der Waals surface area contributed by atoms with Gasteiger partial charge in [0.05, 0.1) is 0 Å². The van der Waals surface area contributed by atoms with Crippen LogP contribution in [0.5, 0.6) is 0 Å². The van der Waals surface area contributed by atoms with E-state index < -0.39 is 5.60 Å². The van der Waals surface area contributed by atoms with Gasteiger partial charge < -0.3 is 15.7 Å². The summed E-state index contributed by atoms with van der Waals surface area (Å²) in [5, 5.41) is 10.3. The first-order valence-corrected chi connectivity index (χ1v) is 12.4. The zero-order chi connectivity index (χ0) is 24.3. The molecule has 6 nitrogen and oxygen atoms in total. The Bertz CT molecular complexity index is 987. The molecule has 0 aromatic heterocycles. The highest BCUT2D eigenvalue weighted by Crippen LogP contribution is 2.43. The Hall–Kier alpha value is -2.70. The van der Waals surface area contributed by atoms with Gasteiger partial charge in [-0.25, -0.2) is 0 Å². The SMILES string of the molecule is CC(C)(O)C(=O)N(CCCN1C2CCC1CC(c1cccc(C(N)=O)c1)C2)Cc1ccccc1. The smallest absolute Gasteiger partial charge is 0.254 e. The fourth-order valence-electron chi connectivity index (χ4n) is 5.74. The van der Waals surface area contributed by atoms with E-state index in [0.29, 0.717) is 36.7 Å². The van der Waals surface area contributed by atoms with Crippen molar-refractivity contribution < 1.29 is 14.7 Å². The molecule has 2 aliphatic rings. The number of carbonyl (C=O) groups is 2. The monoisotopic (exact) mass is 463 g/mol. The van der Waals surface area contributed by atoms with Crippen molar-refractivity contribution in [2.45, 2.75) is 76.1 Å². The molecule has 2 aromatic rings. The molecule has 34 heavy (non-hydrogen) atoms. The van der Waals surface area contributed by atoms with Gasteiger partial charge in [-0.1, -0.05) is 42.5 Å². The maximum absolute atomic E-state index is 12.9. The number of aliphatic hydroxyl groups is 1. The molecule has 2 aromatic carbocycles. The van der Waals surface area contributed by atoms with Crippen LogP contribution < -0.4 is 5.73 Å². The highest BCUT2D eigenvalue weighted by molar-refractivity contribution is 5.92. The molecule has 0 saturated carbocycles. The van der Waals surface area contributed by atoms with Crippen molar-refractivity contribution in [3.05, 3.63) is 71.3 Å². The molecule has 2 saturated heterocycles. The summed E-state index contributed by atoms with van der Waals surface area (Å²) >= 11 is 0. The fraction of sp³-hybridized carbons (Fsp3) is 0.500. The molecule has 2 unspecified atom stereocenters. The summed E-state index contributed by atoms with van der Waals surface area (Å²) in [5.74, 6) is -0.144. The molecule has 2 heterocycles. The molecule has 0 radical (unpaired) electrons. The number of hydrogen-bond donors (Lipinski definition) is 2. The Morgan fingerprint density at radius 3 is 2.35 bits per heavy atom. The predicted octanol–water partition coefficient (Wildman–Crippen LogP) is 3.69. The molecule has 2 aliphatic heterocycles. The van der Waals surface area contributed by atoms with Crippen molar-refractivity contribution in [3.8, 4) is 0 Å².